The molecule has 1 aliphatic heterocycles. The first-order valence-corrected chi connectivity index (χ1v) is 8.48. The van der Waals surface area contributed by atoms with Crippen LogP contribution in [0.5, 0.6) is 17.2 Å². The molecule has 138 valence electrons. The van der Waals surface area contributed by atoms with E-state index in [1.807, 2.05) is 30.3 Å². The SMILES string of the molecule is C=CCc1ccccc1OCC#CCNC(=O)Nc1ccc2c(c1)OCO2. The molecule has 2 aromatic carbocycles. The molecule has 2 N–H and O–H groups in total. The molecule has 0 saturated heterocycles. The Kier molecular flexibility index (Phi) is 6.21. The quantitative estimate of drug-likeness (QED) is 0.609. The van der Waals surface area contributed by atoms with Crippen LogP contribution in [0.3, 0.4) is 0 Å². The average Bonchev–Trinajstić information content (AvgIpc) is 3.14. The van der Waals surface area contributed by atoms with E-state index in [9.17, 15) is 4.79 Å². The minimum Gasteiger partial charge on any atom is -0.481 e. The molecule has 1 aliphatic rings. The third kappa shape index (κ3) is 5.19. The smallest absolute Gasteiger partial charge is 0.319 e. The van der Waals surface area contributed by atoms with Gasteiger partial charge in [0.1, 0.15) is 12.4 Å². The number of amides is 2. The highest BCUT2D eigenvalue weighted by Crippen LogP contribution is 2.34. The van der Waals surface area contributed by atoms with Crippen molar-refractivity contribution in [3.8, 4) is 29.1 Å². The molecule has 3 rings (SSSR count). The van der Waals surface area contributed by atoms with Crippen LogP contribution in [-0.4, -0.2) is 26.0 Å². The standard InChI is InChI=1S/C21H20N2O4/c1-2-7-16-8-3-4-9-18(16)25-13-6-5-12-22-21(24)23-17-10-11-19-20(14-17)27-15-26-19/h2-4,8-11,14H,1,7,12-13,15H2,(H2,22,23,24). The summed E-state index contributed by atoms with van der Waals surface area (Å²) in [5, 5.41) is 5.38. The average molecular weight is 364 g/mol. The first-order chi connectivity index (χ1) is 13.3. The van der Waals surface area contributed by atoms with Crippen LogP contribution in [0.4, 0.5) is 10.5 Å². The Morgan fingerprint density at radius 3 is 2.93 bits per heavy atom. The fourth-order valence-corrected chi connectivity index (χ4v) is 2.47. The molecule has 0 bridgehead atoms. The lowest BCUT2D eigenvalue weighted by molar-refractivity contribution is 0.174. The van der Waals surface area contributed by atoms with Crippen molar-refractivity contribution in [1.29, 1.82) is 0 Å². The number of para-hydroxylation sites is 1. The predicted molar refractivity (Wildman–Crippen MR) is 103 cm³/mol. The molecule has 27 heavy (non-hydrogen) atoms. The minimum atomic E-state index is -0.347. The molecular formula is C21H20N2O4. The van der Waals surface area contributed by atoms with Crippen LogP contribution in [0.15, 0.2) is 55.1 Å². The second-order valence-corrected chi connectivity index (χ2v) is 5.62. The molecule has 0 fully saturated rings. The lowest BCUT2D eigenvalue weighted by Gasteiger charge is -2.07. The fourth-order valence-electron chi connectivity index (χ4n) is 2.47. The van der Waals surface area contributed by atoms with Gasteiger partial charge in [0.2, 0.25) is 6.79 Å². The van der Waals surface area contributed by atoms with Crippen molar-refractivity contribution >= 4 is 11.7 Å². The highest BCUT2D eigenvalue weighted by Gasteiger charge is 2.13. The van der Waals surface area contributed by atoms with Gasteiger partial charge in [-0.3, -0.25) is 0 Å². The molecule has 0 atom stereocenters. The van der Waals surface area contributed by atoms with Crippen LogP contribution >= 0.6 is 0 Å². The van der Waals surface area contributed by atoms with Gasteiger partial charge in [-0.25, -0.2) is 4.79 Å². The third-order valence-electron chi connectivity index (χ3n) is 3.73. The van der Waals surface area contributed by atoms with Gasteiger partial charge < -0.3 is 24.8 Å². The number of carbonyl (C=O) groups excluding carboxylic acids is 1. The van der Waals surface area contributed by atoms with Crippen LogP contribution in [-0.2, 0) is 6.42 Å². The van der Waals surface area contributed by atoms with E-state index in [-0.39, 0.29) is 26.0 Å². The van der Waals surface area contributed by atoms with Gasteiger partial charge in [-0.05, 0) is 30.2 Å². The second kappa shape index (κ2) is 9.20. The summed E-state index contributed by atoms with van der Waals surface area (Å²) in [6.07, 6.45) is 2.57. The Morgan fingerprint density at radius 2 is 2.04 bits per heavy atom. The van der Waals surface area contributed by atoms with Crippen molar-refractivity contribution in [3.05, 3.63) is 60.7 Å². The lowest BCUT2D eigenvalue weighted by Crippen LogP contribution is -2.28. The van der Waals surface area contributed by atoms with Gasteiger partial charge >= 0.3 is 6.03 Å². The molecule has 6 heteroatoms. The highest BCUT2D eigenvalue weighted by molar-refractivity contribution is 5.89. The molecule has 1 heterocycles. The van der Waals surface area contributed by atoms with Crippen molar-refractivity contribution in [2.75, 3.05) is 25.3 Å². The molecule has 6 nitrogen and oxygen atoms in total. The van der Waals surface area contributed by atoms with Gasteiger partial charge in [0.25, 0.3) is 0 Å². The zero-order valence-electron chi connectivity index (χ0n) is 14.8. The molecule has 0 unspecified atom stereocenters. The minimum absolute atomic E-state index is 0.195. The van der Waals surface area contributed by atoms with E-state index in [0.29, 0.717) is 17.2 Å². The Balaban J connectivity index is 1.40. The molecule has 0 aliphatic carbocycles. The molecule has 2 amide bonds. The van der Waals surface area contributed by atoms with Crippen molar-refractivity contribution in [3.63, 3.8) is 0 Å². The van der Waals surface area contributed by atoms with Gasteiger partial charge in [0, 0.05) is 11.8 Å². The van der Waals surface area contributed by atoms with E-state index >= 15 is 0 Å². The predicted octanol–water partition coefficient (Wildman–Crippen LogP) is 3.35. The number of benzene rings is 2. The Morgan fingerprint density at radius 1 is 1.19 bits per heavy atom. The normalized spacial score (nSPS) is 11.1. The molecular weight excluding hydrogens is 344 g/mol. The van der Waals surface area contributed by atoms with Gasteiger partial charge in [0.15, 0.2) is 11.5 Å². The third-order valence-corrected chi connectivity index (χ3v) is 3.73. The van der Waals surface area contributed by atoms with E-state index in [2.05, 4.69) is 29.1 Å². The van der Waals surface area contributed by atoms with Gasteiger partial charge in [0.05, 0.1) is 6.54 Å². The molecule has 0 aromatic heterocycles. The molecule has 0 spiro atoms. The van der Waals surface area contributed by atoms with E-state index in [1.54, 1.807) is 18.2 Å². The van der Waals surface area contributed by atoms with Crippen LogP contribution in [0.1, 0.15) is 5.56 Å². The number of allylic oxidation sites excluding steroid dienone is 1. The summed E-state index contributed by atoms with van der Waals surface area (Å²) in [5.41, 5.74) is 1.68. The first kappa shape index (κ1) is 18.2. The maximum absolute atomic E-state index is 11.9. The monoisotopic (exact) mass is 364 g/mol. The van der Waals surface area contributed by atoms with Crippen molar-refractivity contribution in [2.45, 2.75) is 6.42 Å². The summed E-state index contributed by atoms with van der Waals surface area (Å²) >= 11 is 0. The van der Waals surface area contributed by atoms with Crippen molar-refractivity contribution < 1.29 is 19.0 Å². The van der Waals surface area contributed by atoms with E-state index < -0.39 is 0 Å². The van der Waals surface area contributed by atoms with Crippen LogP contribution in [0.2, 0.25) is 0 Å². The largest absolute Gasteiger partial charge is 0.481 e. The lowest BCUT2D eigenvalue weighted by atomic mass is 10.1. The zero-order chi connectivity index (χ0) is 18.9. The number of nitrogens with one attached hydrogen (secondary N) is 2. The summed E-state index contributed by atoms with van der Waals surface area (Å²) in [6.45, 7) is 4.40. The number of urea groups is 1. The van der Waals surface area contributed by atoms with Gasteiger partial charge in [-0.2, -0.15) is 0 Å². The Labute approximate surface area is 158 Å². The number of carbonyl (C=O) groups is 1. The number of fused-ring (bicyclic) bond motifs is 1. The van der Waals surface area contributed by atoms with Crippen molar-refractivity contribution in [1.82, 2.24) is 5.32 Å². The van der Waals surface area contributed by atoms with E-state index in [4.69, 9.17) is 14.2 Å². The Bertz CT molecular complexity index is 883. The number of anilines is 1. The van der Waals surface area contributed by atoms with Crippen LogP contribution in [0, 0.1) is 11.8 Å². The van der Waals surface area contributed by atoms with Crippen LogP contribution < -0.4 is 24.8 Å². The zero-order valence-corrected chi connectivity index (χ0v) is 14.8. The maximum atomic E-state index is 11.9. The summed E-state index contributed by atoms with van der Waals surface area (Å²) in [6, 6.07) is 12.6. The number of hydrogen-bond acceptors (Lipinski definition) is 4. The Hall–Kier alpha value is -3.59. The number of hydrogen-bond donors (Lipinski definition) is 2. The topological polar surface area (TPSA) is 68.8 Å². The summed E-state index contributed by atoms with van der Waals surface area (Å²) in [4.78, 5) is 11.9. The number of rotatable bonds is 6. The van der Waals surface area contributed by atoms with Gasteiger partial charge in [-0.15, -0.1) is 6.58 Å². The summed E-state index contributed by atoms with van der Waals surface area (Å²) in [5.74, 6) is 7.81. The maximum Gasteiger partial charge on any atom is 0.319 e. The first-order valence-electron chi connectivity index (χ1n) is 8.48. The number of ether oxygens (including phenoxy) is 3. The second-order valence-electron chi connectivity index (χ2n) is 5.62. The van der Waals surface area contributed by atoms with Crippen LogP contribution in [0.25, 0.3) is 0 Å². The van der Waals surface area contributed by atoms with Crippen molar-refractivity contribution in [2.24, 2.45) is 0 Å². The molecule has 0 radical (unpaired) electrons. The van der Waals surface area contributed by atoms with E-state index in [0.717, 1.165) is 17.7 Å². The molecule has 0 saturated carbocycles. The fraction of sp³-hybridized carbons (Fsp3) is 0.190. The molecule has 2 aromatic rings. The summed E-state index contributed by atoms with van der Waals surface area (Å²) < 4.78 is 16.2. The summed E-state index contributed by atoms with van der Waals surface area (Å²) in [7, 11) is 0. The van der Waals surface area contributed by atoms with E-state index in [1.165, 1.54) is 0 Å². The highest BCUT2D eigenvalue weighted by atomic mass is 16.7. The van der Waals surface area contributed by atoms with Gasteiger partial charge in [-0.1, -0.05) is 36.1 Å².